The van der Waals surface area contributed by atoms with Gasteiger partial charge in [-0.05, 0) is 68.1 Å². The zero-order chi connectivity index (χ0) is 11.7. The molecule has 2 nitrogen and oxygen atoms in total. The van der Waals surface area contributed by atoms with Crippen molar-refractivity contribution in [3.63, 3.8) is 0 Å². The summed E-state index contributed by atoms with van der Waals surface area (Å²) < 4.78 is 0. The van der Waals surface area contributed by atoms with Crippen LogP contribution in [-0.4, -0.2) is 11.1 Å². The fourth-order valence-corrected chi connectivity index (χ4v) is 6.56. The zero-order valence-electron chi connectivity index (χ0n) is 10.5. The summed E-state index contributed by atoms with van der Waals surface area (Å²) >= 11 is 0. The summed E-state index contributed by atoms with van der Waals surface area (Å²) in [7, 11) is 0. The number of hydrogen-bond donors (Lipinski definition) is 1. The molecule has 0 aliphatic heterocycles. The molecule has 1 N–H and O–H groups in total. The van der Waals surface area contributed by atoms with Gasteiger partial charge in [0.25, 0.3) is 0 Å². The molecule has 2 heteroatoms. The number of rotatable bonds is 1. The topological polar surface area (TPSA) is 37.3 Å². The lowest BCUT2D eigenvalue weighted by molar-refractivity contribution is -0.205. The van der Waals surface area contributed by atoms with Crippen molar-refractivity contribution in [2.24, 2.45) is 28.6 Å². The third kappa shape index (κ3) is 1.15. The van der Waals surface area contributed by atoms with Crippen LogP contribution in [0.15, 0.2) is 0 Å². The summed E-state index contributed by atoms with van der Waals surface area (Å²) in [5.74, 6) is 1.55. The average molecular weight is 234 g/mol. The highest BCUT2D eigenvalue weighted by molar-refractivity contribution is 5.76. The van der Waals surface area contributed by atoms with Crippen LogP contribution in [0.2, 0.25) is 0 Å². The zero-order valence-corrected chi connectivity index (χ0v) is 10.5. The number of aliphatic carboxylic acids is 1. The molecule has 5 saturated carbocycles. The van der Waals surface area contributed by atoms with Crippen LogP contribution in [0.25, 0.3) is 0 Å². The van der Waals surface area contributed by atoms with Gasteiger partial charge in [-0.1, -0.05) is 12.8 Å². The molecule has 0 heterocycles. The number of carboxylic acid groups (broad SMARTS) is 1. The Bertz CT molecular complexity index is 359. The lowest BCUT2D eigenvalue weighted by Crippen LogP contribution is -2.62. The van der Waals surface area contributed by atoms with E-state index in [9.17, 15) is 9.90 Å². The number of carboxylic acids is 1. The van der Waals surface area contributed by atoms with Crippen LogP contribution in [0.1, 0.15) is 57.8 Å². The lowest BCUT2D eigenvalue weighted by Gasteiger charge is -2.66. The van der Waals surface area contributed by atoms with Gasteiger partial charge in [0.1, 0.15) is 0 Å². The van der Waals surface area contributed by atoms with Crippen molar-refractivity contribution in [3.05, 3.63) is 0 Å². The van der Waals surface area contributed by atoms with Crippen LogP contribution in [0.5, 0.6) is 0 Å². The maximum Gasteiger partial charge on any atom is 0.309 e. The third-order valence-corrected chi connectivity index (χ3v) is 6.61. The van der Waals surface area contributed by atoms with Gasteiger partial charge in [0.2, 0.25) is 0 Å². The highest BCUT2D eigenvalue weighted by atomic mass is 16.4. The van der Waals surface area contributed by atoms with E-state index < -0.39 is 5.97 Å². The maximum atomic E-state index is 11.9. The fourth-order valence-electron chi connectivity index (χ4n) is 6.56. The van der Waals surface area contributed by atoms with E-state index in [2.05, 4.69) is 0 Å². The molecule has 0 saturated heterocycles. The molecule has 0 aromatic rings. The van der Waals surface area contributed by atoms with Crippen LogP contribution >= 0.6 is 0 Å². The minimum absolute atomic E-state index is 0.301. The van der Waals surface area contributed by atoms with E-state index in [1.165, 1.54) is 44.9 Å². The summed E-state index contributed by atoms with van der Waals surface area (Å²) in [5, 5.41) is 9.81. The highest BCUT2D eigenvalue weighted by Crippen LogP contribution is 2.71. The van der Waals surface area contributed by atoms with Gasteiger partial charge in [0, 0.05) is 0 Å². The van der Waals surface area contributed by atoms with Gasteiger partial charge in [0.15, 0.2) is 0 Å². The summed E-state index contributed by atoms with van der Waals surface area (Å²) in [6, 6.07) is 0. The van der Waals surface area contributed by atoms with Crippen LogP contribution < -0.4 is 0 Å². The summed E-state index contributed by atoms with van der Waals surface area (Å²) in [6.07, 6.45) is 11.2. The number of hydrogen-bond acceptors (Lipinski definition) is 1. The second kappa shape index (κ2) is 3.07. The smallest absolute Gasteiger partial charge is 0.309 e. The van der Waals surface area contributed by atoms with Crippen molar-refractivity contribution in [3.8, 4) is 0 Å². The molecule has 0 radical (unpaired) electrons. The SMILES string of the molecule is O=C(O)C12CC3CC(CC4(CCCCC41)C3)C2. The van der Waals surface area contributed by atoms with Crippen LogP contribution in [0.3, 0.4) is 0 Å². The van der Waals surface area contributed by atoms with E-state index in [1.54, 1.807) is 0 Å². The first-order chi connectivity index (χ1) is 8.15. The van der Waals surface area contributed by atoms with Gasteiger partial charge in [-0.25, -0.2) is 0 Å². The van der Waals surface area contributed by atoms with Crippen molar-refractivity contribution in [1.82, 2.24) is 0 Å². The first-order valence-electron chi connectivity index (χ1n) is 7.38. The molecule has 0 aromatic carbocycles. The molecular formula is C15H22O2. The third-order valence-electron chi connectivity index (χ3n) is 6.61. The van der Waals surface area contributed by atoms with Crippen molar-refractivity contribution >= 4 is 5.97 Å². The summed E-state index contributed by atoms with van der Waals surface area (Å²) in [6.45, 7) is 0. The molecule has 94 valence electrons. The van der Waals surface area contributed by atoms with E-state index in [-0.39, 0.29) is 5.41 Å². The van der Waals surface area contributed by atoms with Gasteiger partial charge in [-0.3, -0.25) is 4.79 Å². The predicted octanol–water partition coefficient (Wildman–Crippen LogP) is 3.46. The van der Waals surface area contributed by atoms with E-state index in [4.69, 9.17) is 0 Å². The fraction of sp³-hybridized carbons (Fsp3) is 0.933. The average Bonchev–Trinajstić information content (AvgIpc) is 2.27. The van der Waals surface area contributed by atoms with Crippen LogP contribution in [0, 0.1) is 28.6 Å². The Balaban J connectivity index is 1.83. The number of carbonyl (C=O) groups is 1. The molecule has 5 fully saturated rings. The molecule has 17 heavy (non-hydrogen) atoms. The van der Waals surface area contributed by atoms with Gasteiger partial charge in [0.05, 0.1) is 5.41 Å². The van der Waals surface area contributed by atoms with Crippen molar-refractivity contribution < 1.29 is 9.90 Å². The van der Waals surface area contributed by atoms with Crippen molar-refractivity contribution in [2.75, 3.05) is 0 Å². The van der Waals surface area contributed by atoms with Crippen molar-refractivity contribution in [2.45, 2.75) is 57.8 Å². The van der Waals surface area contributed by atoms with Crippen LogP contribution in [0.4, 0.5) is 0 Å². The van der Waals surface area contributed by atoms with Crippen LogP contribution in [-0.2, 0) is 4.79 Å². The van der Waals surface area contributed by atoms with Crippen molar-refractivity contribution in [1.29, 1.82) is 0 Å². The Morgan fingerprint density at radius 2 is 1.76 bits per heavy atom. The minimum atomic E-state index is -0.456. The minimum Gasteiger partial charge on any atom is -0.481 e. The standard InChI is InChI=1S/C15H22O2/c16-13(17)15-8-10-5-11(9-15)7-14(6-10)4-2-1-3-12(14)15/h10-12H,1-9H2,(H,16,17). The van der Waals surface area contributed by atoms with Gasteiger partial charge in [-0.15, -0.1) is 0 Å². The van der Waals surface area contributed by atoms with Gasteiger partial charge in [-0.2, -0.15) is 0 Å². The predicted molar refractivity (Wildman–Crippen MR) is 64.5 cm³/mol. The normalized spacial score (nSPS) is 55.6. The molecule has 5 rings (SSSR count). The van der Waals surface area contributed by atoms with Gasteiger partial charge >= 0.3 is 5.97 Å². The Morgan fingerprint density at radius 3 is 2.41 bits per heavy atom. The summed E-state index contributed by atoms with van der Waals surface area (Å²) in [5.41, 5.74) is 0.158. The molecular weight excluding hydrogens is 212 g/mol. The quantitative estimate of drug-likeness (QED) is 0.754. The monoisotopic (exact) mass is 234 g/mol. The Kier molecular flexibility index (Phi) is 1.88. The summed E-state index contributed by atoms with van der Waals surface area (Å²) in [4.78, 5) is 11.9. The molecule has 3 unspecified atom stereocenters. The van der Waals surface area contributed by atoms with E-state index in [1.807, 2.05) is 0 Å². The van der Waals surface area contributed by atoms with Gasteiger partial charge < -0.3 is 5.11 Å². The molecule has 0 aromatic heterocycles. The molecule has 5 aliphatic carbocycles. The Morgan fingerprint density at radius 1 is 1.06 bits per heavy atom. The first-order valence-corrected chi connectivity index (χ1v) is 7.38. The lowest BCUT2D eigenvalue weighted by atomic mass is 9.37. The molecule has 5 aliphatic rings. The molecule has 4 bridgehead atoms. The van der Waals surface area contributed by atoms with E-state index >= 15 is 0 Å². The Hall–Kier alpha value is -0.530. The van der Waals surface area contributed by atoms with E-state index in [0.717, 1.165) is 24.7 Å². The molecule has 1 spiro atoms. The second-order valence-corrected chi connectivity index (χ2v) is 7.41. The highest BCUT2D eigenvalue weighted by Gasteiger charge is 2.66. The first kappa shape index (κ1) is 10.4. The maximum absolute atomic E-state index is 11.9. The molecule has 3 atom stereocenters. The Labute approximate surface area is 103 Å². The molecule has 0 amide bonds. The largest absolute Gasteiger partial charge is 0.481 e. The second-order valence-electron chi connectivity index (χ2n) is 7.41. The van der Waals surface area contributed by atoms with E-state index in [0.29, 0.717) is 11.3 Å².